The van der Waals surface area contributed by atoms with Gasteiger partial charge in [-0.05, 0) is 30.7 Å². The van der Waals surface area contributed by atoms with E-state index in [0.717, 1.165) is 5.69 Å². The summed E-state index contributed by atoms with van der Waals surface area (Å²) in [6.07, 6.45) is -0.485. The van der Waals surface area contributed by atoms with Gasteiger partial charge in [-0.25, -0.2) is 4.79 Å². The molecule has 0 heterocycles. The number of hydrogen-bond donors (Lipinski definition) is 4. The van der Waals surface area contributed by atoms with Crippen LogP contribution in [0.1, 0.15) is 23.2 Å². The van der Waals surface area contributed by atoms with Crippen LogP contribution >= 0.6 is 0 Å². The fraction of sp³-hybridized carbons (Fsp3) is 0.308. The van der Waals surface area contributed by atoms with Gasteiger partial charge in [-0.15, -0.1) is 0 Å². The third-order valence-corrected chi connectivity index (χ3v) is 2.69. The number of carbonyl (C=O) groups is 3. The Morgan fingerprint density at radius 1 is 1.14 bits per heavy atom. The Morgan fingerprint density at radius 3 is 2.14 bits per heavy atom. The molecule has 0 spiro atoms. The quantitative estimate of drug-likeness (QED) is 0.532. The molecule has 1 aromatic rings. The summed E-state index contributed by atoms with van der Waals surface area (Å²) in [6, 6.07) is 5.25. The molecule has 1 amide bonds. The molecule has 1 atom stereocenters. The molecule has 7 nitrogen and oxygen atoms in total. The van der Waals surface area contributed by atoms with Crippen molar-refractivity contribution in [2.75, 3.05) is 12.4 Å². The van der Waals surface area contributed by atoms with Gasteiger partial charge in [-0.2, -0.15) is 0 Å². The van der Waals surface area contributed by atoms with Crippen molar-refractivity contribution in [1.29, 1.82) is 0 Å². The van der Waals surface area contributed by atoms with Gasteiger partial charge in [0.25, 0.3) is 5.91 Å². The molecule has 0 aromatic heterocycles. The first-order valence-electron chi connectivity index (χ1n) is 5.97. The summed E-state index contributed by atoms with van der Waals surface area (Å²) in [7, 11) is 1.74. The average molecular weight is 304 g/mol. The van der Waals surface area contributed by atoms with E-state index in [9.17, 15) is 14.4 Å². The molecule has 1 rings (SSSR count). The van der Waals surface area contributed by atoms with Crippen LogP contribution in [0.3, 0.4) is 0 Å². The van der Waals surface area contributed by atoms with Crippen molar-refractivity contribution in [2.45, 2.75) is 18.9 Å². The molecule has 0 fully saturated rings. The molecule has 110 valence electrons. The summed E-state index contributed by atoms with van der Waals surface area (Å²) in [5, 5.41) is 22.7. The topological polar surface area (TPSA) is 116 Å². The maximum absolute atomic E-state index is 11.9. The number of anilines is 1. The zero-order chi connectivity index (χ0) is 15.1. The molecule has 0 saturated carbocycles. The Kier molecular flexibility index (Phi) is 8.68. The predicted octanol–water partition coefficient (Wildman–Crippen LogP) is 0.128. The Labute approximate surface area is 144 Å². The van der Waals surface area contributed by atoms with Gasteiger partial charge < -0.3 is 20.8 Å². The van der Waals surface area contributed by atoms with E-state index in [1.165, 1.54) is 0 Å². The number of carbonyl (C=O) groups excluding carboxylic acids is 1. The van der Waals surface area contributed by atoms with Crippen molar-refractivity contribution in [3.63, 3.8) is 0 Å². The van der Waals surface area contributed by atoms with Crippen molar-refractivity contribution in [3.05, 3.63) is 29.8 Å². The van der Waals surface area contributed by atoms with Gasteiger partial charge in [-0.1, -0.05) is 0 Å². The van der Waals surface area contributed by atoms with Gasteiger partial charge in [0.1, 0.15) is 6.04 Å². The molecule has 1 aromatic carbocycles. The van der Waals surface area contributed by atoms with Gasteiger partial charge >= 0.3 is 41.5 Å². The molecule has 0 aliphatic rings. The molecule has 0 unspecified atom stereocenters. The normalized spacial score (nSPS) is 10.9. The van der Waals surface area contributed by atoms with E-state index < -0.39 is 23.9 Å². The first-order valence-corrected chi connectivity index (χ1v) is 5.97. The second-order valence-electron chi connectivity index (χ2n) is 4.12. The SMILES string of the molecule is CNc1ccc(C(=O)N[C@@H](CCC(=O)O)C(=O)O)cc1.[NaH]. The number of amides is 1. The summed E-state index contributed by atoms with van der Waals surface area (Å²) in [6.45, 7) is 0. The number of benzene rings is 1. The van der Waals surface area contributed by atoms with E-state index in [1.807, 2.05) is 0 Å². The Hall–Kier alpha value is -1.57. The first-order chi connectivity index (χ1) is 9.43. The van der Waals surface area contributed by atoms with Gasteiger partial charge in [0.05, 0.1) is 0 Å². The monoisotopic (exact) mass is 304 g/mol. The van der Waals surface area contributed by atoms with E-state index in [1.54, 1.807) is 31.3 Å². The van der Waals surface area contributed by atoms with Crippen LogP contribution in [0.25, 0.3) is 0 Å². The summed E-state index contributed by atoms with van der Waals surface area (Å²) in [5.74, 6) is -2.92. The van der Waals surface area contributed by atoms with Crippen molar-refractivity contribution in [3.8, 4) is 0 Å². The number of nitrogens with one attached hydrogen (secondary N) is 2. The molecule has 0 saturated heterocycles. The summed E-state index contributed by atoms with van der Waals surface area (Å²) in [4.78, 5) is 33.3. The minimum absolute atomic E-state index is 0. The zero-order valence-corrected chi connectivity index (χ0v) is 10.9. The van der Waals surface area contributed by atoms with E-state index in [2.05, 4.69) is 10.6 Å². The van der Waals surface area contributed by atoms with Crippen LogP contribution in [-0.4, -0.2) is 70.7 Å². The van der Waals surface area contributed by atoms with Crippen LogP contribution in [0.15, 0.2) is 24.3 Å². The minimum atomic E-state index is -1.26. The summed E-state index contributed by atoms with van der Waals surface area (Å²) in [5.41, 5.74) is 1.13. The van der Waals surface area contributed by atoms with Crippen LogP contribution in [0.2, 0.25) is 0 Å². The Bertz CT molecular complexity index is 504. The summed E-state index contributed by atoms with van der Waals surface area (Å²) < 4.78 is 0. The Balaban J connectivity index is 0.00000400. The summed E-state index contributed by atoms with van der Waals surface area (Å²) >= 11 is 0. The van der Waals surface area contributed by atoms with Crippen molar-refractivity contribution in [1.82, 2.24) is 5.32 Å². The molecule has 21 heavy (non-hydrogen) atoms. The van der Waals surface area contributed by atoms with Gasteiger partial charge in [-0.3, -0.25) is 9.59 Å². The maximum atomic E-state index is 11.9. The van der Waals surface area contributed by atoms with Crippen molar-refractivity contribution < 1.29 is 24.6 Å². The fourth-order valence-electron chi connectivity index (χ4n) is 1.56. The number of rotatable bonds is 7. The van der Waals surface area contributed by atoms with Crippen LogP contribution < -0.4 is 10.6 Å². The molecule has 0 bridgehead atoms. The van der Waals surface area contributed by atoms with E-state index >= 15 is 0 Å². The molecular formula is C13H17N2NaO5. The average Bonchev–Trinajstić information content (AvgIpc) is 2.42. The van der Waals surface area contributed by atoms with Gasteiger partial charge in [0.15, 0.2) is 0 Å². The van der Waals surface area contributed by atoms with Gasteiger partial charge in [0, 0.05) is 24.7 Å². The molecule has 4 N–H and O–H groups in total. The van der Waals surface area contributed by atoms with E-state index in [-0.39, 0.29) is 42.4 Å². The number of carboxylic acid groups (broad SMARTS) is 2. The molecule has 0 aliphatic heterocycles. The third kappa shape index (κ3) is 6.61. The molecule has 0 radical (unpaired) electrons. The van der Waals surface area contributed by atoms with Crippen LogP contribution in [-0.2, 0) is 9.59 Å². The second kappa shape index (κ2) is 9.38. The molecule has 8 heteroatoms. The van der Waals surface area contributed by atoms with Crippen LogP contribution in [0.5, 0.6) is 0 Å². The fourth-order valence-corrected chi connectivity index (χ4v) is 1.56. The first kappa shape index (κ1) is 19.4. The third-order valence-electron chi connectivity index (χ3n) is 2.69. The zero-order valence-electron chi connectivity index (χ0n) is 10.9. The standard InChI is InChI=1S/C13H16N2O5.Na.H/c1-14-9-4-2-8(3-5-9)12(18)15-10(13(19)20)6-7-11(16)17;;/h2-5,10,14H,6-7H2,1H3,(H,15,18)(H,16,17)(H,19,20);;/t10-;;/m0../s1. The number of aliphatic carboxylic acids is 2. The van der Waals surface area contributed by atoms with Gasteiger partial charge in [0.2, 0.25) is 0 Å². The van der Waals surface area contributed by atoms with Crippen LogP contribution in [0, 0.1) is 0 Å². The Morgan fingerprint density at radius 2 is 1.71 bits per heavy atom. The molecule has 0 aliphatic carbocycles. The number of carboxylic acids is 2. The number of hydrogen-bond acceptors (Lipinski definition) is 4. The van der Waals surface area contributed by atoms with Crippen LogP contribution in [0.4, 0.5) is 5.69 Å². The van der Waals surface area contributed by atoms with E-state index in [4.69, 9.17) is 10.2 Å². The van der Waals surface area contributed by atoms with Crippen molar-refractivity contribution in [2.24, 2.45) is 0 Å². The van der Waals surface area contributed by atoms with Crippen molar-refractivity contribution >= 4 is 53.1 Å². The second-order valence-corrected chi connectivity index (χ2v) is 4.12. The van der Waals surface area contributed by atoms with E-state index in [0.29, 0.717) is 5.56 Å². The predicted molar refractivity (Wildman–Crippen MR) is 78.9 cm³/mol. The molecular weight excluding hydrogens is 287 g/mol.